The number of terminal acetylenes is 1. The van der Waals surface area contributed by atoms with Gasteiger partial charge >= 0.3 is 0 Å². The van der Waals surface area contributed by atoms with Crippen molar-refractivity contribution in [3.8, 4) is 12.3 Å². The Bertz CT molecular complexity index is 420. The summed E-state index contributed by atoms with van der Waals surface area (Å²) in [5.41, 5.74) is 3.76. The number of nitrogens with zero attached hydrogens (tertiary/aromatic N) is 1. The summed E-state index contributed by atoms with van der Waals surface area (Å²) >= 11 is 0. The molecular formula is C16H21N. The number of hydrogen-bond acceptors (Lipinski definition) is 1. The second-order valence-electron chi connectivity index (χ2n) is 5.15. The highest BCUT2D eigenvalue weighted by Gasteiger charge is 2.19. The summed E-state index contributed by atoms with van der Waals surface area (Å²) in [6.45, 7) is 0. The molecule has 1 nitrogen and oxygen atoms in total. The summed E-state index contributed by atoms with van der Waals surface area (Å²) < 4.78 is 0. The molecule has 17 heavy (non-hydrogen) atoms. The first-order valence-corrected chi connectivity index (χ1v) is 6.50. The fourth-order valence-electron chi connectivity index (χ4n) is 2.78. The Kier molecular flexibility index (Phi) is 3.74. The average molecular weight is 227 g/mol. The monoisotopic (exact) mass is 227 g/mol. The van der Waals surface area contributed by atoms with Crippen molar-refractivity contribution in [2.75, 3.05) is 19.0 Å². The third-order valence-electron chi connectivity index (χ3n) is 3.72. The maximum atomic E-state index is 5.48. The van der Waals surface area contributed by atoms with Crippen LogP contribution in [0.25, 0.3) is 0 Å². The molecule has 1 aromatic rings. The molecule has 1 heteroatoms. The van der Waals surface area contributed by atoms with Crippen molar-refractivity contribution in [3.05, 3.63) is 29.3 Å². The summed E-state index contributed by atoms with van der Waals surface area (Å²) in [6.07, 6.45) is 12.3. The van der Waals surface area contributed by atoms with Crippen LogP contribution in [0.3, 0.4) is 0 Å². The van der Waals surface area contributed by atoms with Gasteiger partial charge in [0.15, 0.2) is 0 Å². The van der Waals surface area contributed by atoms with Crippen LogP contribution in [0.5, 0.6) is 0 Å². The normalized spacial score (nSPS) is 16.5. The van der Waals surface area contributed by atoms with E-state index in [0.717, 1.165) is 11.5 Å². The van der Waals surface area contributed by atoms with Crippen molar-refractivity contribution >= 4 is 5.69 Å². The van der Waals surface area contributed by atoms with Gasteiger partial charge in [0, 0.05) is 25.3 Å². The van der Waals surface area contributed by atoms with Gasteiger partial charge in [0.25, 0.3) is 0 Å². The number of anilines is 1. The van der Waals surface area contributed by atoms with Crippen molar-refractivity contribution in [1.29, 1.82) is 0 Å². The lowest BCUT2D eigenvalue weighted by Gasteiger charge is -2.27. The van der Waals surface area contributed by atoms with E-state index in [0.29, 0.717) is 0 Å². The minimum absolute atomic E-state index is 0.730. The van der Waals surface area contributed by atoms with E-state index in [9.17, 15) is 0 Å². The van der Waals surface area contributed by atoms with E-state index < -0.39 is 0 Å². The summed E-state index contributed by atoms with van der Waals surface area (Å²) in [7, 11) is 4.20. The molecule has 0 spiro atoms. The van der Waals surface area contributed by atoms with E-state index in [-0.39, 0.29) is 0 Å². The molecule has 1 aliphatic rings. The van der Waals surface area contributed by atoms with Crippen LogP contribution in [0, 0.1) is 12.3 Å². The Balaban J connectivity index is 2.35. The molecule has 90 valence electrons. The Labute approximate surface area is 105 Å². The smallest absolute Gasteiger partial charge is 0.0408 e. The van der Waals surface area contributed by atoms with Crippen LogP contribution >= 0.6 is 0 Å². The molecule has 0 aromatic heterocycles. The predicted molar refractivity (Wildman–Crippen MR) is 74.5 cm³/mol. The second kappa shape index (κ2) is 5.27. The number of hydrogen-bond donors (Lipinski definition) is 0. The van der Waals surface area contributed by atoms with Crippen molar-refractivity contribution in [2.24, 2.45) is 0 Å². The van der Waals surface area contributed by atoms with Crippen molar-refractivity contribution < 1.29 is 0 Å². The zero-order valence-electron chi connectivity index (χ0n) is 10.9. The van der Waals surface area contributed by atoms with Gasteiger partial charge in [-0.1, -0.05) is 31.2 Å². The molecule has 0 atom stereocenters. The second-order valence-corrected chi connectivity index (χ2v) is 5.15. The number of benzene rings is 1. The first kappa shape index (κ1) is 12.0. The van der Waals surface area contributed by atoms with Gasteiger partial charge in [-0.3, -0.25) is 0 Å². The molecule has 0 N–H and O–H groups in total. The van der Waals surface area contributed by atoms with Gasteiger partial charge in [0.05, 0.1) is 0 Å². The van der Waals surface area contributed by atoms with Crippen molar-refractivity contribution in [2.45, 2.75) is 38.0 Å². The molecule has 1 aromatic carbocycles. The molecule has 1 fully saturated rings. The number of rotatable bonds is 2. The zero-order valence-corrected chi connectivity index (χ0v) is 10.9. The van der Waals surface area contributed by atoms with Crippen LogP contribution in [0.15, 0.2) is 18.2 Å². The topological polar surface area (TPSA) is 3.24 Å². The molecule has 0 heterocycles. The Morgan fingerprint density at radius 1 is 1.18 bits per heavy atom. The molecule has 0 bridgehead atoms. The SMILES string of the molecule is C#Cc1ccc(C2CCCCC2)c(N(C)C)c1. The molecule has 0 saturated heterocycles. The van der Waals surface area contributed by atoms with E-state index in [1.54, 1.807) is 0 Å². The zero-order chi connectivity index (χ0) is 12.3. The Morgan fingerprint density at radius 2 is 1.88 bits per heavy atom. The van der Waals surface area contributed by atoms with Crippen LogP contribution < -0.4 is 4.90 Å². The summed E-state index contributed by atoms with van der Waals surface area (Å²) in [4.78, 5) is 2.19. The molecule has 0 aliphatic heterocycles. The third kappa shape index (κ3) is 2.64. The fraction of sp³-hybridized carbons (Fsp3) is 0.500. The van der Waals surface area contributed by atoms with Crippen LogP contribution in [0.1, 0.15) is 49.1 Å². The predicted octanol–water partition coefficient (Wildman–Crippen LogP) is 3.78. The van der Waals surface area contributed by atoms with E-state index in [2.05, 4.69) is 43.1 Å². The van der Waals surface area contributed by atoms with Gasteiger partial charge in [0.1, 0.15) is 0 Å². The van der Waals surface area contributed by atoms with Crippen molar-refractivity contribution in [3.63, 3.8) is 0 Å². The maximum Gasteiger partial charge on any atom is 0.0408 e. The summed E-state index contributed by atoms with van der Waals surface area (Å²) in [5.74, 6) is 3.46. The summed E-state index contributed by atoms with van der Waals surface area (Å²) in [6, 6.07) is 6.46. The van der Waals surface area contributed by atoms with Crippen LogP contribution in [0.4, 0.5) is 5.69 Å². The van der Waals surface area contributed by atoms with Gasteiger partial charge < -0.3 is 4.90 Å². The van der Waals surface area contributed by atoms with Gasteiger partial charge in [-0.2, -0.15) is 0 Å². The lowest BCUT2D eigenvalue weighted by Crippen LogP contribution is -2.15. The lowest BCUT2D eigenvalue weighted by atomic mass is 9.83. The molecule has 0 unspecified atom stereocenters. The first-order valence-electron chi connectivity index (χ1n) is 6.50. The van der Waals surface area contributed by atoms with E-state index >= 15 is 0 Å². The third-order valence-corrected chi connectivity index (χ3v) is 3.72. The highest BCUT2D eigenvalue weighted by atomic mass is 15.1. The standard InChI is InChI=1S/C16H21N/c1-4-13-10-11-15(16(12-13)17(2)3)14-8-6-5-7-9-14/h1,10-12,14H,5-9H2,2-3H3. The highest BCUT2D eigenvalue weighted by molar-refractivity contribution is 5.58. The van der Waals surface area contributed by atoms with Gasteiger partial charge in [0.2, 0.25) is 0 Å². The largest absolute Gasteiger partial charge is 0.377 e. The Morgan fingerprint density at radius 3 is 2.47 bits per heavy atom. The molecular weight excluding hydrogens is 206 g/mol. The minimum atomic E-state index is 0.730. The maximum absolute atomic E-state index is 5.48. The Hall–Kier alpha value is -1.42. The first-order chi connectivity index (χ1) is 8.22. The molecule has 2 rings (SSSR count). The molecule has 0 amide bonds. The highest BCUT2D eigenvalue weighted by Crippen LogP contribution is 2.37. The fourth-order valence-corrected chi connectivity index (χ4v) is 2.78. The van der Waals surface area contributed by atoms with Gasteiger partial charge in [-0.25, -0.2) is 0 Å². The van der Waals surface area contributed by atoms with Crippen molar-refractivity contribution in [1.82, 2.24) is 0 Å². The van der Waals surface area contributed by atoms with Gasteiger partial charge in [-0.05, 0) is 36.5 Å². The van der Waals surface area contributed by atoms with Crippen LogP contribution in [-0.2, 0) is 0 Å². The summed E-state index contributed by atoms with van der Waals surface area (Å²) in [5, 5.41) is 0. The van der Waals surface area contributed by atoms with E-state index in [4.69, 9.17) is 6.42 Å². The minimum Gasteiger partial charge on any atom is -0.377 e. The van der Waals surface area contributed by atoms with Crippen LogP contribution in [-0.4, -0.2) is 14.1 Å². The van der Waals surface area contributed by atoms with Crippen LogP contribution in [0.2, 0.25) is 0 Å². The molecule has 0 radical (unpaired) electrons. The molecule has 1 aliphatic carbocycles. The van der Waals surface area contributed by atoms with Gasteiger partial charge in [-0.15, -0.1) is 6.42 Å². The van der Waals surface area contributed by atoms with E-state index in [1.807, 2.05) is 0 Å². The quantitative estimate of drug-likeness (QED) is 0.695. The average Bonchev–Trinajstić information content (AvgIpc) is 2.39. The van der Waals surface area contributed by atoms with E-state index in [1.165, 1.54) is 43.4 Å². The lowest BCUT2D eigenvalue weighted by molar-refractivity contribution is 0.444. The molecule has 1 saturated carbocycles.